The van der Waals surface area contributed by atoms with Gasteiger partial charge in [-0.15, -0.1) is 0 Å². The summed E-state index contributed by atoms with van der Waals surface area (Å²) in [5.41, 5.74) is 2.30. The molecule has 2 aromatic heterocycles. The van der Waals surface area contributed by atoms with Crippen LogP contribution in [0, 0.1) is 0 Å². The third-order valence-electron chi connectivity index (χ3n) is 4.77. The molecule has 0 amide bonds. The Morgan fingerprint density at radius 1 is 0.833 bits per heavy atom. The summed E-state index contributed by atoms with van der Waals surface area (Å²) in [4.78, 5) is 17.5. The Morgan fingerprint density at radius 2 is 1.53 bits per heavy atom. The SMILES string of the molecule is O=c1c2ccccc2c(-c2ccccc2)nn1Cc1nc(-c2ccc(Br)cc2)no1. The molecule has 0 aliphatic rings. The van der Waals surface area contributed by atoms with Crippen LogP contribution in [-0.4, -0.2) is 19.9 Å². The molecule has 0 N–H and O–H groups in total. The molecule has 0 atom stereocenters. The molecule has 0 radical (unpaired) electrons. The van der Waals surface area contributed by atoms with Crippen molar-refractivity contribution in [1.82, 2.24) is 19.9 Å². The van der Waals surface area contributed by atoms with Crippen molar-refractivity contribution in [3.8, 4) is 22.6 Å². The van der Waals surface area contributed by atoms with Crippen LogP contribution in [0.1, 0.15) is 5.89 Å². The van der Waals surface area contributed by atoms with E-state index in [4.69, 9.17) is 4.52 Å². The van der Waals surface area contributed by atoms with Crippen LogP contribution in [0.15, 0.2) is 92.7 Å². The van der Waals surface area contributed by atoms with E-state index in [1.54, 1.807) is 0 Å². The lowest BCUT2D eigenvalue weighted by molar-refractivity contribution is 0.364. The van der Waals surface area contributed by atoms with Crippen molar-refractivity contribution in [2.75, 3.05) is 0 Å². The molecule has 0 fully saturated rings. The smallest absolute Gasteiger partial charge is 0.275 e. The number of aromatic nitrogens is 4. The molecular formula is C23H15BrN4O2. The third-order valence-corrected chi connectivity index (χ3v) is 5.30. The van der Waals surface area contributed by atoms with Crippen LogP contribution in [0.3, 0.4) is 0 Å². The van der Waals surface area contributed by atoms with E-state index in [1.165, 1.54) is 4.68 Å². The maximum atomic E-state index is 13.0. The second-order valence-corrected chi connectivity index (χ2v) is 7.66. The fraction of sp³-hybridized carbons (Fsp3) is 0.0435. The summed E-state index contributed by atoms with van der Waals surface area (Å²) in [5.74, 6) is 0.784. The predicted molar refractivity (Wildman–Crippen MR) is 118 cm³/mol. The number of rotatable bonds is 4. The summed E-state index contributed by atoms with van der Waals surface area (Å²) in [6.45, 7) is 0.0903. The summed E-state index contributed by atoms with van der Waals surface area (Å²) < 4.78 is 7.74. The van der Waals surface area contributed by atoms with Gasteiger partial charge < -0.3 is 4.52 Å². The van der Waals surface area contributed by atoms with Gasteiger partial charge >= 0.3 is 0 Å². The Morgan fingerprint density at radius 3 is 2.30 bits per heavy atom. The van der Waals surface area contributed by atoms with E-state index in [0.717, 1.165) is 26.7 Å². The molecule has 5 rings (SSSR count). The molecule has 0 saturated carbocycles. The van der Waals surface area contributed by atoms with Gasteiger partial charge in [-0.25, -0.2) is 4.68 Å². The van der Waals surface area contributed by atoms with Gasteiger partial charge in [0.05, 0.1) is 11.1 Å². The first-order valence-electron chi connectivity index (χ1n) is 9.33. The maximum Gasteiger partial charge on any atom is 0.275 e. The number of hydrogen-bond acceptors (Lipinski definition) is 5. The molecule has 0 bridgehead atoms. The second kappa shape index (κ2) is 7.68. The van der Waals surface area contributed by atoms with Crippen LogP contribution < -0.4 is 5.56 Å². The minimum Gasteiger partial charge on any atom is -0.337 e. The quantitative estimate of drug-likeness (QED) is 0.381. The van der Waals surface area contributed by atoms with Crippen molar-refractivity contribution in [3.63, 3.8) is 0 Å². The van der Waals surface area contributed by atoms with Gasteiger partial charge in [-0.1, -0.05) is 69.6 Å². The molecule has 2 heterocycles. The Balaban J connectivity index is 1.58. The molecule has 0 unspecified atom stereocenters. The van der Waals surface area contributed by atoms with Crippen molar-refractivity contribution in [2.45, 2.75) is 6.54 Å². The average molecular weight is 459 g/mol. The summed E-state index contributed by atoms with van der Waals surface area (Å²) >= 11 is 3.41. The van der Waals surface area contributed by atoms with Gasteiger partial charge in [0, 0.05) is 21.0 Å². The van der Waals surface area contributed by atoms with Crippen LogP contribution in [0.2, 0.25) is 0 Å². The highest BCUT2D eigenvalue weighted by Crippen LogP contribution is 2.24. The van der Waals surface area contributed by atoms with E-state index in [2.05, 4.69) is 31.2 Å². The van der Waals surface area contributed by atoms with Gasteiger partial charge in [0.2, 0.25) is 11.7 Å². The van der Waals surface area contributed by atoms with Gasteiger partial charge in [0.25, 0.3) is 5.56 Å². The number of hydrogen-bond donors (Lipinski definition) is 0. The van der Waals surface area contributed by atoms with Crippen LogP contribution in [0.4, 0.5) is 0 Å². The minimum atomic E-state index is -0.200. The highest BCUT2D eigenvalue weighted by atomic mass is 79.9. The molecule has 3 aromatic carbocycles. The first-order valence-corrected chi connectivity index (χ1v) is 10.1. The Bertz CT molecular complexity index is 1390. The van der Waals surface area contributed by atoms with E-state index >= 15 is 0 Å². The molecule has 0 aliphatic carbocycles. The Hall–Kier alpha value is -3.58. The lowest BCUT2D eigenvalue weighted by atomic mass is 10.1. The Labute approximate surface area is 179 Å². The molecule has 7 heteroatoms. The second-order valence-electron chi connectivity index (χ2n) is 6.74. The fourth-order valence-corrected chi connectivity index (χ4v) is 3.58. The maximum absolute atomic E-state index is 13.0. The van der Waals surface area contributed by atoms with Crippen LogP contribution >= 0.6 is 15.9 Å². The summed E-state index contributed by atoms with van der Waals surface area (Å²) in [7, 11) is 0. The van der Waals surface area contributed by atoms with Crippen molar-refractivity contribution < 1.29 is 4.52 Å². The van der Waals surface area contributed by atoms with Gasteiger partial charge in [-0.05, 0) is 30.3 Å². The minimum absolute atomic E-state index is 0.0903. The average Bonchev–Trinajstić information content (AvgIpc) is 3.25. The van der Waals surface area contributed by atoms with Gasteiger partial charge in [0.15, 0.2) is 0 Å². The van der Waals surface area contributed by atoms with Crippen LogP contribution in [0.25, 0.3) is 33.4 Å². The highest BCUT2D eigenvalue weighted by molar-refractivity contribution is 9.10. The molecule has 146 valence electrons. The van der Waals surface area contributed by atoms with E-state index in [-0.39, 0.29) is 12.1 Å². The molecule has 5 aromatic rings. The van der Waals surface area contributed by atoms with Crippen LogP contribution in [0.5, 0.6) is 0 Å². The van der Waals surface area contributed by atoms with Crippen molar-refractivity contribution in [2.24, 2.45) is 0 Å². The standard InChI is InChI=1S/C23H15BrN4O2/c24-17-12-10-16(11-13-17)22-25-20(30-27-22)14-28-23(29)19-9-5-4-8-18(19)21(26-28)15-6-2-1-3-7-15/h1-13H,14H2. The number of fused-ring (bicyclic) bond motifs is 1. The summed E-state index contributed by atoms with van der Waals surface area (Å²) in [6.07, 6.45) is 0. The van der Waals surface area contributed by atoms with Gasteiger partial charge in [0.1, 0.15) is 6.54 Å². The lowest BCUT2D eigenvalue weighted by Crippen LogP contribution is -2.24. The lowest BCUT2D eigenvalue weighted by Gasteiger charge is -2.09. The van der Waals surface area contributed by atoms with Gasteiger partial charge in [-0.2, -0.15) is 10.1 Å². The van der Waals surface area contributed by atoms with E-state index in [9.17, 15) is 4.79 Å². The monoisotopic (exact) mass is 458 g/mol. The summed E-state index contributed by atoms with van der Waals surface area (Å²) in [5, 5.41) is 10.1. The zero-order valence-electron chi connectivity index (χ0n) is 15.7. The number of nitrogens with zero attached hydrogens (tertiary/aromatic N) is 4. The summed E-state index contributed by atoms with van der Waals surface area (Å²) in [6, 6.07) is 24.9. The molecule has 0 saturated heterocycles. The molecule has 0 aliphatic heterocycles. The Kier molecular flexibility index (Phi) is 4.72. The van der Waals surface area contributed by atoms with Gasteiger partial charge in [-0.3, -0.25) is 4.79 Å². The highest BCUT2D eigenvalue weighted by Gasteiger charge is 2.15. The topological polar surface area (TPSA) is 73.8 Å². The van der Waals surface area contributed by atoms with Crippen LogP contribution in [-0.2, 0) is 6.54 Å². The molecule has 6 nitrogen and oxygen atoms in total. The zero-order chi connectivity index (χ0) is 20.5. The molecule has 30 heavy (non-hydrogen) atoms. The van der Waals surface area contributed by atoms with E-state index < -0.39 is 0 Å². The largest absolute Gasteiger partial charge is 0.337 e. The number of benzene rings is 3. The predicted octanol–water partition coefficient (Wildman–Crippen LogP) is 4.92. The fourth-order valence-electron chi connectivity index (χ4n) is 3.31. The van der Waals surface area contributed by atoms with Crippen molar-refractivity contribution in [1.29, 1.82) is 0 Å². The first-order chi connectivity index (χ1) is 14.7. The number of halogens is 1. The normalized spacial score (nSPS) is 11.1. The zero-order valence-corrected chi connectivity index (χ0v) is 17.3. The first kappa shape index (κ1) is 18.4. The third kappa shape index (κ3) is 3.44. The van der Waals surface area contributed by atoms with E-state index in [1.807, 2.05) is 78.9 Å². The molecule has 0 spiro atoms. The molecular weight excluding hydrogens is 444 g/mol. The van der Waals surface area contributed by atoms with Crippen molar-refractivity contribution in [3.05, 3.63) is 99.6 Å². The van der Waals surface area contributed by atoms with E-state index in [0.29, 0.717) is 17.1 Å². The van der Waals surface area contributed by atoms with Crippen molar-refractivity contribution >= 4 is 26.7 Å².